The van der Waals surface area contributed by atoms with Gasteiger partial charge in [-0.05, 0) is 37.6 Å². The van der Waals surface area contributed by atoms with E-state index < -0.39 is 21.3 Å². The van der Waals surface area contributed by atoms with Gasteiger partial charge in [0.25, 0.3) is 5.91 Å². The minimum absolute atomic E-state index is 0.0445. The lowest BCUT2D eigenvalue weighted by molar-refractivity contribution is 0.0887. The number of aromatic nitrogens is 1. The largest absolute Gasteiger partial charge is 0.448 e. The van der Waals surface area contributed by atoms with Gasteiger partial charge < -0.3 is 9.73 Å². The van der Waals surface area contributed by atoms with Crippen molar-refractivity contribution in [1.29, 1.82) is 0 Å². The number of furan rings is 1. The van der Waals surface area contributed by atoms with Gasteiger partial charge in [0.05, 0.1) is 27.3 Å². The Morgan fingerprint density at radius 2 is 2.08 bits per heavy atom. The second-order valence-corrected chi connectivity index (χ2v) is 9.72. The topological polar surface area (TPSA) is 89.3 Å². The Balaban J connectivity index is 1.55. The summed E-state index contributed by atoms with van der Waals surface area (Å²) < 4.78 is 30.0. The summed E-state index contributed by atoms with van der Waals surface area (Å²) in [5.41, 5.74) is 0.132. The Labute approximate surface area is 148 Å². The maximum absolute atomic E-state index is 12.4. The molecule has 1 fully saturated rings. The molecule has 1 saturated heterocycles. The summed E-state index contributed by atoms with van der Waals surface area (Å²) in [6.07, 6.45) is 0.409. The lowest BCUT2D eigenvalue weighted by Gasteiger charge is -2.23. The Morgan fingerprint density at radius 1 is 1.28 bits per heavy atom. The first kappa shape index (κ1) is 16.3. The number of fused-ring (bicyclic) bond motifs is 1. The molecule has 0 bridgehead atoms. The summed E-state index contributed by atoms with van der Waals surface area (Å²) in [6.45, 7) is 1.74. The quantitative estimate of drug-likeness (QED) is 0.759. The minimum atomic E-state index is -3.09. The number of hydrogen-bond acceptors (Lipinski definition) is 6. The molecule has 1 aliphatic rings. The summed E-state index contributed by atoms with van der Waals surface area (Å²) >= 11 is 1.49. The number of nitrogens with one attached hydrogen (secondary N) is 1. The summed E-state index contributed by atoms with van der Waals surface area (Å²) in [5.74, 6) is 0.318. The van der Waals surface area contributed by atoms with E-state index in [9.17, 15) is 13.2 Å². The third-order valence-electron chi connectivity index (χ3n) is 4.25. The number of amides is 1. The van der Waals surface area contributed by atoms with Crippen molar-refractivity contribution in [1.82, 2.24) is 10.3 Å². The Bertz CT molecular complexity index is 1030. The first-order valence-corrected chi connectivity index (χ1v) is 10.5. The van der Waals surface area contributed by atoms with Crippen LogP contribution >= 0.6 is 11.3 Å². The first-order chi connectivity index (χ1) is 11.8. The molecule has 8 heteroatoms. The second-order valence-electron chi connectivity index (χ2n) is 6.51. The molecule has 3 aromatic rings. The van der Waals surface area contributed by atoms with Gasteiger partial charge in [0.15, 0.2) is 26.4 Å². The molecule has 1 aromatic carbocycles. The van der Waals surface area contributed by atoms with Gasteiger partial charge in [0.1, 0.15) is 0 Å². The van der Waals surface area contributed by atoms with Gasteiger partial charge in [0, 0.05) is 0 Å². The Hall–Kier alpha value is -2.19. The first-order valence-electron chi connectivity index (χ1n) is 7.82. The van der Waals surface area contributed by atoms with Gasteiger partial charge in [-0.25, -0.2) is 13.4 Å². The van der Waals surface area contributed by atoms with E-state index in [2.05, 4.69) is 10.3 Å². The van der Waals surface area contributed by atoms with Crippen LogP contribution in [0.4, 0.5) is 0 Å². The number of rotatable bonds is 3. The third kappa shape index (κ3) is 3.19. The second kappa shape index (κ2) is 5.67. The predicted octanol–water partition coefficient (Wildman–Crippen LogP) is 2.86. The molecule has 130 valence electrons. The molecule has 1 aliphatic heterocycles. The molecule has 2 aromatic heterocycles. The fourth-order valence-corrected chi connectivity index (χ4v) is 6.02. The van der Waals surface area contributed by atoms with E-state index in [-0.39, 0.29) is 17.3 Å². The molecule has 0 radical (unpaired) electrons. The number of benzene rings is 1. The Kier molecular flexibility index (Phi) is 3.69. The van der Waals surface area contributed by atoms with E-state index in [1.165, 1.54) is 11.3 Å². The van der Waals surface area contributed by atoms with Gasteiger partial charge >= 0.3 is 0 Å². The van der Waals surface area contributed by atoms with Crippen LogP contribution in [0.1, 0.15) is 23.9 Å². The van der Waals surface area contributed by atoms with E-state index in [4.69, 9.17) is 4.42 Å². The summed E-state index contributed by atoms with van der Waals surface area (Å²) in [7, 11) is -3.09. The van der Waals surface area contributed by atoms with Crippen molar-refractivity contribution in [3.8, 4) is 10.8 Å². The molecule has 6 nitrogen and oxygen atoms in total. The van der Waals surface area contributed by atoms with Gasteiger partial charge in [-0.1, -0.05) is 12.1 Å². The number of sulfone groups is 1. The van der Waals surface area contributed by atoms with Crippen molar-refractivity contribution >= 4 is 37.3 Å². The van der Waals surface area contributed by atoms with Crippen LogP contribution in [0.2, 0.25) is 0 Å². The van der Waals surface area contributed by atoms with E-state index >= 15 is 0 Å². The molecule has 1 N–H and O–H groups in total. The van der Waals surface area contributed by atoms with Crippen molar-refractivity contribution in [2.45, 2.75) is 18.9 Å². The lowest BCUT2D eigenvalue weighted by Crippen LogP contribution is -2.46. The fourth-order valence-electron chi connectivity index (χ4n) is 3.00. The zero-order valence-corrected chi connectivity index (χ0v) is 15.1. The molecule has 0 spiro atoms. The average Bonchev–Trinajstić information content (AvgIpc) is 3.24. The molecule has 1 amide bonds. The molecular formula is C17H16N2O4S2. The van der Waals surface area contributed by atoms with Crippen LogP contribution in [0.3, 0.4) is 0 Å². The van der Waals surface area contributed by atoms with Crippen LogP contribution in [0.15, 0.2) is 40.8 Å². The lowest BCUT2D eigenvalue weighted by atomic mass is 10.0. The van der Waals surface area contributed by atoms with Crippen LogP contribution < -0.4 is 5.32 Å². The highest BCUT2D eigenvalue weighted by Gasteiger charge is 2.40. The van der Waals surface area contributed by atoms with Crippen LogP contribution in [0.25, 0.3) is 21.0 Å². The van der Waals surface area contributed by atoms with Crippen LogP contribution in [0, 0.1) is 0 Å². The monoisotopic (exact) mass is 376 g/mol. The summed E-state index contributed by atoms with van der Waals surface area (Å²) in [6, 6.07) is 11.1. The zero-order valence-electron chi connectivity index (χ0n) is 13.5. The summed E-state index contributed by atoms with van der Waals surface area (Å²) in [4.78, 5) is 16.9. The van der Waals surface area contributed by atoms with Crippen molar-refractivity contribution in [2.75, 3.05) is 11.5 Å². The molecule has 25 heavy (non-hydrogen) atoms. The molecule has 0 saturated carbocycles. The third-order valence-corrected chi connectivity index (χ3v) is 7.21. The van der Waals surface area contributed by atoms with E-state index in [0.717, 1.165) is 10.2 Å². The predicted molar refractivity (Wildman–Crippen MR) is 96.5 cm³/mol. The highest BCUT2D eigenvalue weighted by Crippen LogP contribution is 2.31. The number of carbonyl (C=O) groups excluding carboxylic acids is 1. The van der Waals surface area contributed by atoms with Gasteiger partial charge in [-0.15, -0.1) is 11.3 Å². The van der Waals surface area contributed by atoms with Crippen molar-refractivity contribution in [3.63, 3.8) is 0 Å². The molecule has 3 heterocycles. The minimum Gasteiger partial charge on any atom is -0.448 e. The Morgan fingerprint density at radius 3 is 2.80 bits per heavy atom. The molecular weight excluding hydrogens is 360 g/mol. The van der Waals surface area contributed by atoms with Gasteiger partial charge in [0.2, 0.25) is 0 Å². The highest BCUT2D eigenvalue weighted by atomic mass is 32.2. The smallest absolute Gasteiger partial charge is 0.287 e. The van der Waals surface area contributed by atoms with Crippen molar-refractivity contribution in [3.05, 3.63) is 42.2 Å². The number of hydrogen-bond donors (Lipinski definition) is 1. The van der Waals surface area contributed by atoms with E-state index in [1.807, 2.05) is 24.3 Å². The van der Waals surface area contributed by atoms with Crippen molar-refractivity contribution in [2.24, 2.45) is 0 Å². The fraction of sp³-hybridized carbons (Fsp3) is 0.294. The van der Waals surface area contributed by atoms with E-state index in [0.29, 0.717) is 17.2 Å². The number of thiazole rings is 1. The van der Waals surface area contributed by atoms with Crippen LogP contribution in [-0.4, -0.2) is 36.4 Å². The normalized spacial score (nSPS) is 22.3. The molecule has 0 aliphatic carbocycles. The number of para-hydroxylation sites is 1. The summed E-state index contributed by atoms with van der Waals surface area (Å²) in [5, 5.41) is 3.49. The van der Waals surface area contributed by atoms with E-state index in [1.54, 1.807) is 19.1 Å². The average molecular weight is 376 g/mol. The highest BCUT2D eigenvalue weighted by molar-refractivity contribution is 7.91. The van der Waals surface area contributed by atoms with Gasteiger partial charge in [-0.3, -0.25) is 4.79 Å². The van der Waals surface area contributed by atoms with Crippen LogP contribution in [-0.2, 0) is 9.84 Å². The number of carbonyl (C=O) groups is 1. The maximum Gasteiger partial charge on any atom is 0.287 e. The van der Waals surface area contributed by atoms with Crippen molar-refractivity contribution < 1.29 is 17.6 Å². The zero-order chi connectivity index (χ0) is 17.7. The maximum atomic E-state index is 12.4. The van der Waals surface area contributed by atoms with Crippen LogP contribution in [0.5, 0.6) is 0 Å². The SMILES string of the molecule is C[C@]1(NC(=O)c2ccc(-c3nc4ccccc4s3)o2)CCS(=O)(=O)C1. The molecule has 0 unspecified atom stereocenters. The number of nitrogens with zero attached hydrogens (tertiary/aromatic N) is 1. The molecule has 4 rings (SSSR count). The van der Waals surface area contributed by atoms with Gasteiger partial charge in [-0.2, -0.15) is 0 Å². The standard InChI is InChI=1S/C17H16N2O4S2/c1-17(8-9-25(21,22)10-17)19-15(20)12-6-7-13(23-12)16-18-11-4-2-3-5-14(11)24-16/h2-7H,8-10H2,1H3,(H,19,20)/t17-/m0/s1. The molecule has 1 atom stereocenters.